The Kier molecular flexibility index (Phi) is 4.06. The highest BCUT2D eigenvalue weighted by atomic mass is 32.2. The van der Waals surface area contributed by atoms with Crippen molar-refractivity contribution in [2.75, 3.05) is 0 Å². The van der Waals surface area contributed by atoms with Gasteiger partial charge in [0.25, 0.3) is 0 Å². The van der Waals surface area contributed by atoms with E-state index in [-0.39, 0.29) is 29.1 Å². The van der Waals surface area contributed by atoms with Gasteiger partial charge < -0.3 is 0 Å². The Morgan fingerprint density at radius 2 is 1.89 bits per heavy atom. The maximum absolute atomic E-state index is 12.1. The molecule has 5 heteroatoms. The molecule has 0 bridgehead atoms. The first kappa shape index (κ1) is 14.2. The number of Topliss-reactive ketones (excluding diaryl/α,β-unsaturated/α-hetero) is 1. The van der Waals surface area contributed by atoms with E-state index in [2.05, 4.69) is 4.72 Å². The van der Waals surface area contributed by atoms with E-state index in [1.807, 2.05) is 6.92 Å². The molecule has 2 rings (SSSR count). The van der Waals surface area contributed by atoms with Gasteiger partial charge in [0.05, 0.1) is 4.90 Å². The standard InChI is InChI=1S/C14H19NO3S/c1-10-3-7-13(8-4-10)19(17,18)15-11(2)9-14(16)12-5-6-12/h3-4,7-8,11-12,15H,5-6,9H2,1-2H3. The lowest BCUT2D eigenvalue weighted by Gasteiger charge is -2.13. The first-order chi connectivity index (χ1) is 8.88. The average molecular weight is 281 g/mol. The van der Waals surface area contributed by atoms with E-state index < -0.39 is 10.0 Å². The number of ketones is 1. The monoisotopic (exact) mass is 281 g/mol. The lowest BCUT2D eigenvalue weighted by Crippen LogP contribution is -2.34. The Bertz CT molecular complexity index is 559. The van der Waals surface area contributed by atoms with Crippen LogP contribution in [0, 0.1) is 12.8 Å². The van der Waals surface area contributed by atoms with Crippen LogP contribution in [0.25, 0.3) is 0 Å². The number of hydrogen-bond acceptors (Lipinski definition) is 3. The molecule has 0 saturated heterocycles. The molecule has 1 unspecified atom stereocenters. The van der Waals surface area contributed by atoms with Crippen LogP contribution >= 0.6 is 0 Å². The molecule has 1 aromatic rings. The number of carbonyl (C=O) groups is 1. The van der Waals surface area contributed by atoms with E-state index in [1.165, 1.54) is 0 Å². The summed E-state index contributed by atoms with van der Waals surface area (Å²) in [6.07, 6.45) is 2.18. The summed E-state index contributed by atoms with van der Waals surface area (Å²) in [5.41, 5.74) is 1.01. The third-order valence-electron chi connectivity index (χ3n) is 3.23. The van der Waals surface area contributed by atoms with Gasteiger partial charge in [0.1, 0.15) is 5.78 Å². The minimum Gasteiger partial charge on any atom is -0.299 e. The molecule has 0 aromatic heterocycles. The summed E-state index contributed by atoms with van der Waals surface area (Å²) in [7, 11) is -3.53. The average Bonchev–Trinajstić information content (AvgIpc) is 3.12. The van der Waals surface area contributed by atoms with Gasteiger partial charge in [-0.05, 0) is 38.8 Å². The van der Waals surface area contributed by atoms with Crippen LogP contribution in [-0.4, -0.2) is 20.2 Å². The van der Waals surface area contributed by atoms with Crippen molar-refractivity contribution in [3.8, 4) is 0 Å². The predicted octanol–water partition coefficient (Wildman–Crippen LogP) is 2.03. The molecular formula is C14H19NO3S. The lowest BCUT2D eigenvalue weighted by atomic mass is 10.1. The quantitative estimate of drug-likeness (QED) is 0.867. The number of aryl methyl sites for hydroxylation is 1. The van der Waals surface area contributed by atoms with Crippen LogP contribution in [-0.2, 0) is 14.8 Å². The zero-order valence-electron chi connectivity index (χ0n) is 11.2. The van der Waals surface area contributed by atoms with Crippen LogP contribution in [0.3, 0.4) is 0 Å². The second kappa shape index (κ2) is 5.43. The number of carbonyl (C=O) groups excluding carboxylic acids is 1. The Morgan fingerprint density at radius 1 is 1.32 bits per heavy atom. The molecule has 104 valence electrons. The molecule has 1 aromatic carbocycles. The van der Waals surface area contributed by atoms with E-state index >= 15 is 0 Å². The topological polar surface area (TPSA) is 63.2 Å². The van der Waals surface area contributed by atoms with Crippen molar-refractivity contribution >= 4 is 15.8 Å². The number of sulfonamides is 1. The molecular weight excluding hydrogens is 262 g/mol. The van der Waals surface area contributed by atoms with Crippen LogP contribution in [0.5, 0.6) is 0 Å². The maximum atomic E-state index is 12.1. The zero-order chi connectivity index (χ0) is 14.0. The molecule has 1 aliphatic carbocycles. The molecule has 0 amide bonds. The third kappa shape index (κ3) is 3.88. The minimum atomic E-state index is -3.53. The van der Waals surface area contributed by atoms with Crippen LogP contribution in [0.1, 0.15) is 31.7 Å². The summed E-state index contributed by atoms with van der Waals surface area (Å²) >= 11 is 0. The van der Waals surface area contributed by atoms with Crippen molar-refractivity contribution in [1.82, 2.24) is 4.72 Å². The van der Waals surface area contributed by atoms with E-state index in [1.54, 1.807) is 31.2 Å². The van der Waals surface area contributed by atoms with Gasteiger partial charge in [-0.15, -0.1) is 0 Å². The largest absolute Gasteiger partial charge is 0.299 e. The number of hydrogen-bond donors (Lipinski definition) is 1. The summed E-state index contributed by atoms with van der Waals surface area (Å²) < 4.78 is 26.8. The van der Waals surface area contributed by atoms with Gasteiger partial charge in [0.2, 0.25) is 10.0 Å². The number of benzene rings is 1. The lowest BCUT2D eigenvalue weighted by molar-refractivity contribution is -0.120. The molecule has 1 N–H and O–H groups in total. The SMILES string of the molecule is Cc1ccc(S(=O)(=O)NC(C)CC(=O)C2CC2)cc1. The van der Waals surface area contributed by atoms with E-state index in [9.17, 15) is 13.2 Å². The van der Waals surface area contributed by atoms with Crippen molar-refractivity contribution in [3.05, 3.63) is 29.8 Å². The van der Waals surface area contributed by atoms with Gasteiger partial charge in [-0.1, -0.05) is 17.7 Å². The smallest absolute Gasteiger partial charge is 0.240 e. The molecule has 1 aliphatic rings. The van der Waals surface area contributed by atoms with Crippen LogP contribution in [0.2, 0.25) is 0 Å². The van der Waals surface area contributed by atoms with Crippen LogP contribution in [0.15, 0.2) is 29.2 Å². The van der Waals surface area contributed by atoms with Crippen molar-refractivity contribution in [1.29, 1.82) is 0 Å². The number of rotatable bonds is 6. The molecule has 0 radical (unpaired) electrons. The fraction of sp³-hybridized carbons (Fsp3) is 0.500. The summed E-state index contributed by atoms with van der Waals surface area (Å²) in [4.78, 5) is 11.9. The first-order valence-corrected chi connectivity index (χ1v) is 7.98. The van der Waals surface area contributed by atoms with Crippen molar-refractivity contribution < 1.29 is 13.2 Å². The van der Waals surface area contributed by atoms with Crippen molar-refractivity contribution in [2.45, 2.75) is 44.0 Å². The summed E-state index contributed by atoms with van der Waals surface area (Å²) in [6, 6.07) is 6.31. The zero-order valence-corrected chi connectivity index (χ0v) is 12.0. The molecule has 4 nitrogen and oxygen atoms in total. The van der Waals surface area contributed by atoms with Gasteiger partial charge in [0, 0.05) is 18.4 Å². The molecule has 0 aliphatic heterocycles. The van der Waals surface area contributed by atoms with Gasteiger partial charge in [-0.25, -0.2) is 13.1 Å². The van der Waals surface area contributed by atoms with Crippen LogP contribution < -0.4 is 4.72 Å². The molecule has 19 heavy (non-hydrogen) atoms. The Labute approximate surface area is 114 Å². The predicted molar refractivity (Wildman–Crippen MR) is 73.3 cm³/mol. The summed E-state index contributed by atoms with van der Waals surface area (Å²) in [6.45, 7) is 3.63. The number of nitrogens with one attached hydrogen (secondary N) is 1. The first-order valence-electron chi connectivity index (χ1n) is 6.50. The third-order valence-corrected chi connectivity index (χ3v) is 4.83. The van der Waals surface area contributed by atoms with Crippen molar-refractivity contribution in [2.24, 2.45) is 5.92 Å². The van der Waals surface area contributed by atoms with Gasteiger partial charge >= 0.3 is 0 Å². The Morgan fingerprint density at radius 3 is 2.42 bits per heavy atom. The van der Waals surface area contributed by atoms with Crippen molar-refractivity contribution in [3.63, 3.8) is 0 Å². The highest BCUT2D eigenvalue weighted by Crippen LogP contribution is 2.31. The fourth-order valence-corrected chi connectivity index (χ4v) is 3.21. The highest BCUT2D eigenvalue weighted by molar-refractivity contribution is 7.89. The Hall–Kier alpha value is -1.20. The van der Waals surface area contributed by atoms with E-state index in [0.717, 1.165) is 18.4 Å². The molecule has 1 saturated carbocycles. The summed E-state index contributed by atoms with van der Waals surface area (Å²) in [5.74, 6) is 0.338. The Balaban J connectivity index is 1.99. The van der Waals surface area contributed by atoms with Gasteiger partial charge in [0.15, 0.2) is 0 Å². The fourth-order valence-electron chi connectivity index (χ4n) is 1.97. The molecule has 1 atom stereocenters. The normalized spacial score (nSPS) is 17.2. The van der Waals surface area contributed by atoms with E-state index in [4.69, 9.17) is 0 Å². The van der Waals surface area contributed by atoms with Gasteiger partial charge in [-0.3, -0.25) is 4.79 Å². The molecule has 0 spiro atoms. The molecule has 0 heterocycles. The van der Waals surface area contributed by atoms with E-state index in [0.29, 0.717) is 0 Å². The molecule has 1 fully saturated rings. The second-order valence-corrected chi connectivity index (χ2v) is 6.99. The summed E-state index contributed by atoms with van der Waals surface area (Å²) in [5, 5.41) is 0. The van der Waals surface area contributed by atoms with Crippen LogP contribution in [0.4, 0.5) is 0 Å². The minimum absolute atomic E-state index is 0.166. The van der Waals surface area contributed by atoms with Gasteiger partial charge in [-0.2, -0.15) is 0 Å². The second-order valence-electron chi connectivity index (χ2n) is 5.28. The highest BCUT2D eigenvalue weighted by Gasteiger charge is 2.30. The maximum Gasteiger partial charge on any atom is 0.240 e.